The third kappa shape index (κ3) is 2.06. The van der Waals surface area contributed by atoms with Crippen LogP contribution in [0.5, 0.6) is 5.88 Å². The minimum atomic E-state index is 0.229. The predicted molar refractivity (Wildman–Crippen MR) is 73.4 cm³/mol. The molecule has 4 heteroatoms. The Morgan fingerprint density at radius 3 is 2.94 bits per heavy atom. The SMILES string of the molecule is OCCCSc1nc2c(c3ccccc13)CCO2. The number of aliphatic hydroxyl groups is 1. The van der Waals surface area contributed by atoms with Crippen LogP contribution in [0, 0.1) is 0 Å². The molecule has 1 aromatic carbocycles. The Balaban J connectivity index is 2.05. The smallest absolute Gasteiger partial charge is 0.218 e. The molecule has 0 atom stereocenters. The van der Waals surface area contributed by atoms with Crippen molar-refractivity contribution < 1.29 is 9.84 Å². The highest BCUT2D eigenvalue weighted by atomic mass is 32.2. The summed E-state index contributed by atoms with van der Waals surface area (Å²) >= 11 is 1.69. The van der Waals surface area contributed by atoms with Crippen molar-refractivity contribution >= 4 is 22.5 Å². The third-order valence-corrected chi connectivity index (χ3v) is 4.15. The molecule has 2 aromatic rings. The average Bonchev–Trinajstić information content (AvgIpc) is 2.87. The number of aromatic nitrogens is 1. The van der Waals surface area contributed by atoms with Gasteiger partial charge < -0.3 is 9.84 Å². The second-order valence-corrected chi connectivity index (χ2v) is 5.35. The molecule has 3 rings (SSSR count). The summed E-state index contributed by atoms with van der Waals surface area (Å²) in [6, 6.07) is 8.36. The fourth-order valence-corrected chi connectivity index (χ4v) is 3.17. The number of benzene rings is 1. The van der Waals surface area contributed by atoms with Gasteiger partial charge in [0.25, 0.3) is 0 Å². The number of ether oxygens (including phenoxy) is 1. The molecule has 1 aromatic heterocycles. The number of pyridine rings is 1. The lowest BCUT2D eigenvalue weighted by Crippen LogP contribution is -1.92. The first-order chi connectivity index (χ1) is 8.90. The van der Waals surface area contributed by atoms with Crippen molar-refractivity contribution in [3.05, 3.63) is 29.8 Å². The minimum Gasteiger partial charge on any atom is -0.477 e. The van der Waals surface area contributed by atoms with E-state index in [0.717, 1.165) is 36.1 Å². The van der Waals surface area contributed by atoms with Gasteiger partial charge in [0.1, 0.15) is 5.03 Å². The zero-order chi connectivity index (χ0) is 12.4. The molecule has 2 heterocycles. The Kier molecular flexibility index (Phi) is 3.39. The van der Waals surface area contributed by atoms with E-state index in [9.17, 15) is 0 Å². The Morgan fingerprint density at radius 1 is 1.28 bits per heavy atom. The van der Waals surface area contributed by atoms with Crippen LogP contribution in [0.4, 0.5) is 0 Å². The molecule has 18 heavy (non-hydrogen) atoms. The molecule has 3 nitrogen and oxygen atoms in total. The first-order valence-electron chi connectivity index (χ1n) is 6.18. The van der Waals surface area contributed by atoms with Crippen LogP contribution in [0.15, 0.2) is 29.3 Å². The summed E-state index contributed by atoms with van der Waals surface area (Å²) in [7, 11) is 0. The lowest BCUT2D eigenvalue weighted by Gasteiger charge is -2.08. The molecule has 0 saturated carbocycles. The van der Waals surface area contributed by atoms with Crippen LogP contribution in [0.1, 0.15) is 12.0 Å². The molecule has 0 unspecified atom stereocenters. The summed E-state index contributed by atoms with van der Waals surface area (Å²) in [5, 5.41) is 12.3. The van der Waals surface area contributed by atoms with Crippen molar-refractivity contribution in [3.8, 4) is 5.88 Å². The fourth-order valence-electron chi connectivity index (χ4n) is 2.22. The Morgan fingerprint density at radius 2 is 2.11 bits per heavy atom. The predicted octanol–water partition coefficient (Wildman–Crippen LogP) is 2.64. The largest absolute Gasteiger partial charge is 0.477 e. The van der Waals surface area contributed by atoms with E-state index in [4.69, 9.17) is 9.84 Å². The molecular formula is C14H15NO2S. The molecular weight excluding hydrogens is 246 g/mol. The summed E-state index contributed by atoms with van der Waals surface area (Å²) in [5.41, 5.74) is 1.23. The molecule has 1 aliphatic rings. The van der Waals surface area contributed by atoms with Crippen LogP contribution in [0.2, 0.25) is 0 Å². The van der Waals surface area contributed by atoms with E-state index in [1.54, 1.807) is 11.8 Å². The van der Waals surface area contributed by atoms with Crippen molar-refractivity contribution in [2.45, 2.75) is 17.9 Å². The maximum Gasteiger partial charge on any atom is 0.218 e. The summed E-state index contributed by atoms with van der Waals surface area (Å²) in [5.74, 6) is 1.67. The highest BCUT2D eigenvalue weighted by molar-refractivity contribution is 7.99. The normalized spacial score (nSPS) is 13.6. The Bertz CT molecular complexity index is 571. The molecule has 0 spiro atoms. The van der Waals surface area contributed by atoms with Gasteiger partial charge in [0.05, 0.1) is 6.61 Å². The second kappa shape index (κ2) is 5.16. The number of hydrogen-bond donors (Lipinski definition) is 1. The monoisotopic (exact) mass is 261 g/mol. The molecule has 1 aliphatic heterocycles. The van der Waals surface area contributed by atoms with Crippen molar-refractivity contribution in [1.82, 2.24) is 4.98 Å². The zero-order valence-electron chi connectivity index (χ0n) is 10.1. The maximum absolute atomic E-state index is 8.85. The van der Waals surface area contributed by atoms with Crippen LogP contribution in [-0.2, 0) is 6.42 Å². The van der Waals surface area contributed by atoms with Gasteiger partial charge in [-0.25, -0.2) is 4.98 Å². The first kappa shape index (κ1) is 11.8. The molecule has 0 bridgehead atoms. The van der Waals surface area contributed by atoms with Gasteiger partial charge in [-0.15, -0.1) is 11.8 Å². The maximum atomic E-state index is 8.85. The van der Waals surface area contributed by atoms with Crippen LogP contribution in [0.3, 0.4) is 0 Å². The van der Waals surface area contributed by atoms with Crippen LogP contribution < -0.4 is 4.74 Å². The van der Waals surface area contributed by atoms with E-state index < -0.39 is 0 Å². The van der Waals surface area contributed by atoms with Gasteiger partial charge >= 0.3 is 0 Å². The van der Waals surface area contributed by atoms with Crippen molar-refractivity contribution in [2.24, 2.45) is 0 Å². The Hall–Kier alpha value is -1.26. The minimum absolute atomic E-state index is 0.229. The average molecular weight is 261 g/mol. The summed E-state index contributed by atoms with van der Waals surface area (Å²) in [4.78, 5) is 4.61. The van der Waals surface area contributed by atoms with E-state index in [1.165, 1.54) is 16.3 Å². The van der Waals surface area contributed by atoms with Crippen LogP contribution in [0.25, 0.3) is 10.8 Å². The number of thioether (sulfide) groups is 1. The van der Waals surface area contributed by atoms with Crippen molar-refractivity contribution in [1.29, 1.82) is 0 Å². The van der Waals surface area contributed by atoms with E-state index in [2.05, 4.69) is 23.2 Å². The number of rotatable bonds is 4. The van der Waals surface area contributed by atoms with E-state index in [-0.39, 0.29) is 6.61 Å². The van der Waals surface area contributed by atoms with Crippen LogP contribution in [-0.4, -0.2) is 29.1 Å². The molecule has 0 saturated heterocycles. The van der Waals surface area contributed by atoms with Crippen molar-refractivity contribution in [2.75, 3.05) is 19.0 Å². The highest BCUT2D eigenvalue weighted by Crippen LogP contribution is 2.36. The van der Waals surface area contributed by atoms with Gasteiger partial charge in [-0.05, 0) is 11.8 Å². The Labute approximate surface area is 110 Å². The number of hydrogen-bond acceptors (Lipinski definition) is 4. The van der Waals surface area contributed by atoms with E-state index in [1.807, 2.05) is 6.07 Å². The number of nitrogens with zero attached hydrogens (tertiary/aromatic N) is 1. The second-order valence-electron chi connectivity index (χ2n) is 4.27. The molecule has 94 valence electrons. The van der Waals surface area contributed by atoms with Gasteiger partial charge in [-0.1, -0.05) is 24.3 Å². The van der Waals surface area contributed by atoms with Gasteiger partial charge in [-0.3, -0.25) is 0 Å². The van der Waals surface area contributed by atoms with Gasteiger partial charge in [-0.2, -0.15) is 0 Å². The fraction of sp³-hybridized carbons (Fsp3) is 0.357. The summed E-state index contributed by atoms with van der Waals surface area (Å²) < 4.78 is 5.58. The quantitative estimate of drug-likeness (QED) is 0.678. The molecule has 0 fully saturated rings. The van der Waals surface area contributed by atoms with Gasteiger partial charge in [0.2, 0.25) is 5.88 Å². The highest BCUT2D eigenvalue weighted by Gasteiger charge is 2.19. The third-order valence-electron chi connectivity index (χ3n) is 3.08. The van der Waals surface area contributed by atoms with E-state index >= 15 is 0 Å². The lowest BCUT2D eigenvalue weighted by molar-refractivity contribution is 0.296. The van der Waals surface area contributed by atoms with Gasteiger partial charge in [0, 0.05) is 29.7 Å². The standard InChI is InChI=1S/C14H15NO2S/c16-7-3-9-18-14-12-5-2-1-4-10(12)11-6-8-17-13(11)15-14/h1-2,4-5,16H,3,6-9H2. The topological polar surface area (TPSA) is 42.4 Å². The first-order valence-corrected chi connectivity index (χ1v) is 7.17. The molecule has 0 aliphatic carbocycles. The summed E-state index contributed by atoms with van der Waals surface area (Å²) in [6.45, 7) is 0.962. The van der Waals surface area contributed by atoms with Crippen LogP contribution >= 0.6 is 11.8 Å². The number of fused-ring (bicyclic) bond motifs is 3. The van der Waals surface area contributed by atoms with Crippen molar-refractivity contribution in [3.63, 3.8) is 0 Å². The van der Waals surface area contributed by atoms with E-state index in [0.29, 0.717) is 0 Å². The summed E-state index contributed by atoms with van der Waals surface area (Å²) in [6.07, 6.45) is 1.74. The van der Waals surface area contributed by atoms with Gasteiger partial charge in [0.15, 0.2) is 0 Å². The molecule has 0 radical (unpaired) electrons. The zero-order valence-corrected chi connectivity index (χ0v) is 10.9. The number of aliphatic hydroxyl groups excluding tert-OH is 1. The lowest BCUT2D eigenvalue weighted by atomic mass is 10.1. The molecule has 0 amide bonds. The molecule has 1 N–H and O–H groups in total.